The van der Waals surface area contributed by atoms with Gasteiger partial charge in [-0.25, -0.2) is 17.9 Å². The minimum atomic E-state index is -5.69. The molecule has 4 N–H and O–H groups in total. The van der Waals surface area contributed by atoms with Crippen LogP contribution in [0.2, 0.25) is 0 Å². The Hall–Kier alpha value is -1.88. The van der Waals surface area contributed by atoms with Gasteiger partial charge in [0.2, 0.25) is 11.8 Å². The molecule has 0 aromatic heterocycles. The van der Waals surface area contributed by atoms with Crippen molar-refractivity contribution in [3.8, 4) is 0 Å². The molecule has 0 radical (unpaired) electrons. The lowest BCUT2D eigenvalue weighted by atomic mass is 9.78. The molecule has 11 nitrogen and oxygen atoms in total. The number of alkyl halides is 3. The Labute approximate surface area is 209 Å². The van der Waals surface area contributed by atoms with E-state index in [1.807, 2.05) is 0 Å². The summed E-state index contributed by atoms with van der Waals surface area (Å²) in [4.78, 5) is 40.5. The van der Waals surface area contributed by atoms with Gasteiger partial charge in [-0.05, 0) is 19.8 Å². The second-order valence-corrected chi connectivity index (χ2v) is 12.6. The highest BCUT2D eigenvalue weighted by atomic mass is 32.2. The molecule has 3 saturated heterocycles. The number of amides is 2. The molecule has 0 aromatic carbocycles. The summed E-state index contributed by atoms with van der Waals surface area (Å²) < 4.78 is 63.0. The van der Waals surface area contributed by atoms with Crippen LogP contribution in [-0.2, 0) is 24.4 Å². The predicted molar refractivity (Wildman–Crippen MR) is 121 cm³/mol. The monoisotopic (exact) mass is 556 g/mol. The van der Waals surface area contributed by atoms with Gasteiger partial charge in [0.25, 0.3) is 0 Å². The second kappa shape index (κ2) is 9.45. The van der Waals surface area contributed by atoms with E-state index in [9.17, 15) is 46.2 Å². The zero-order valence-electron chi connectivity index (χ0n) is 19.4. The summed E-state index contributed by atoms with van der Waals surface area (Å²) in [7, 11) is -5.69. The Morgan fingerprint density at radius 3 is 2.53 bits per heavy atom. The molecule has 0 unspecified atom stereocenters. The number of β-lactam (4-membered cyclic amide) rings is 1. The van der Waals surface area contributed by atoms with Gasteiger partial charge >= 0.3 is 21.5 Å². The largest absolute Gasteiger partial charge is 0.511 e. The van der Waals surface area contributed by atoms with Crippen molar-refractivity contribution >= 4 is 39.6 Å². The Morgan fingerprint density at radius 2 is 1.97 bits per heavy atom. The molecule has 3 fully saturated rings. The number of likely N-dealkylation sites (tertiary alicyclic amines) is 1. The van der Waals surface area contributed by atoms with E-state index in [1.165, 1.54) is 16.5 Å². The maximum atomic E-state index is 12.8. The molecule has 0 spiro atoms. The number of hydrogen-bond acceptors (Lipinski definition) is 8. The number of aliphatic carboxylic acids is 1. The Morgan fingerprint density at radius 1 is 1.31 bits per heavy atom. The number of fused-ring (bicyclic) bond motifs is 1. The first-order chi connectivity index (χ1) is 16.6. The molecule has 0 saturated carbocycles. The summed E-state index contributed by atoms with van der Waals surface area (Å²) in [6, 6.07) is -2.71. The molecule has 4 aliphatic rings. The first-order valence-corrected chi connectivity index (χ1v) is 13.8. The van der Waals surface area contributed by atoms with Gasteiger partial charge in [-0.15, -0.1) is 11.8 Å². The molecule has 16 heteroatoms. The minimum absolute atomic E-state index is 0.147. The van der Waals surface area contributed by atoms with Crippen molar-refractivity contribution in [2.45, 2.75) is 61.7 Å². The number of carboxylic acids is 1. The van der Waals surface area contributed by atoms with Crippen LogP contribution >= 0.6 is 11.8 Å². The number of aliphatic hydroxyl groups excluding tert-OH is 1. The molecule has 0 aromatic rings. The Balaban J connectivity index is 1.46. The van der Waals surface area contributed by atoms with E-state index in [2.05, 4.69) is 5.32 Å². The SMILES string of the molecule is C[C@@H](NS(=O)(=O)C(F)(F)F)[C@H]1C(=O)N2C(C(=O)O)=C(S[C@@H]3CN[C@H](C(=O)N4CC[C@@H](O)C4)C3)[C@H](C)[C@H]12. The lowest BCUT2D eigenvalue weighted by molar-refractivity contribution is -0.158. The van der Waals surface area contributed by atoms with Gasteiger partial charge in [-0.1, -0.05) is 6.92 Å². The maximum Gasteiger partial charge on any atom is 0.511 e. The fourth-order valence-electron chi connectivity index (χ4n) is 5.40. The molecule has 4 rings (SSSR count). The first-order valence-electron chi connectivity index (χ1n) is 11.4. The quantitative estimate of drug-likeness (QED) is 0.308. The molecule has 4 aliphatic heterocycles. The zero-order valence-corrected chi connectivity index (χ0v) is 21.0. The number of thioether (sulfide) groups is 1. The van der Waals surface area contributed by atoms with Crippen molar-refractivity contribution < 1.29 is 46.2 Å². The van der Waals surface area contributed by atoms with E-state index in [0.29, 0.717) is 30.8 Å². The van der Waals surface area contributed by atoms with Gasteiger partial charge in [0.05, 0.1) is 24.1 Å². The van der Waals surface area contributed by atoms with Crippen molar-refractivity contribution in [1.29, 1.82) is 0 Å². The van der Waals surface area contributed by atoms with Crippen LogP contribution in [0, 0.1) is 11.8 Å². The number of sulfonamides is 1. The van der Waals surface area contributed by atoms with E-state index < -0.39 is 63.5 Å². The van der Waals surface area contributed by atoms with Crippen LogP contribution in [0.3, 0.4) is 0 Å². The van der Waals surface area contributed by atoms with Crippen LogP contribution < -0.4 is 10.0 Å². The fraction of sp³-hybridized carbons (Fsp3) is 0.750. The highest BCUT2D eigenvalue weighted by Crippen LogP contribution is 2.52. The molecule has 0 aliphatic carbocycles. The van der Waals surface area contributed by atoms with Crippen molar-refractivity contribution in [2.75, 3.05) is 19.6 Å². The number of nitrogens with one attached hydrogen (secondary N) is 2. The highest BCUT2D eigenvalue weighted by molar-refractivity contribution is 8.03. The number of rotatable bonds is 7. The average Bonchev–Trinajstić information content (AvgIpc) is 3.45. The predicted octanol–water partition coefficient (Wildman–Crippen LogP) is -0.356. The molecule has 202 valence electrons. The van der Waals surface area contributed by atoms with Crippen LogP contribution in [0.1, 0.15) is 26.7 Å². The van der Waals surface area contributed by atoms with Crippen LogP contribution in [0.5, 0.6) is 0 Å². The van der Waals surface area contributed by atoms with Gasteiger partial charge in [-0.3, -0.25) is 9.59 Å². The normalized spacial score (nSPS) is 33.7. The number of hydrogen-bond donors (Lipinski definition) is 4. The summed E-state index contributed by atoms with van der Waals surface area (Å²) in [6.07, 6.45) is 0.344. The Kier molecular flexibility index (Phi) is 7.13. The Bertz CT molecular complexity index is 1100. The maximum absolute atomic E-state index is 12.8. The van der Waals surface area contributed by atoms with Crippen LogP contribution in [0.4, 0.5) is 13.2 Å². The molecule has 4 heterocycles. The lowest BCUT2D eigenvalue weighted by Crippen LogP contribution is -2.66. The van der Waals surface area contributed by atoms with Crippen molar-refractivity contribution in [1.82, 2.24) is 19.8 Å². The second-order valence-electron chi connectivity index (χ2n) is 9.55. The van der Waals surface area contributed by atoms with E-state index in [0.717, 1.165) is 11.8 Å². The van der Waals surface area contributed by atoms with E-state index in [4.69, 9.17) is 0 Å². The smallest absolute Gasteiger partial charge is 0.477 e. The van der Waals surface area contributed by atoms with Crippen LogP contribution in [-0.4, -0.2) is 101 Å². The van der Waals surface area contributed by atoms with Crippen molar-refractivity contribution in [3.05, 3.63) is 10.6 Å². The third-order valence-electron chi connectivity index (χ3n) is 7.13. The highest BCUT2D eigenvalue weighted by Gasteiger charge is 2.61. The average molecular weight is 557 g/mol. The van der Waals surface area contributed by atoms with Gasteiger partial charge in [0, 0.05) is 41.7 Å². The number of carbonyl (C=O) groups is 3. The molecule has 2 amide bonds. The van der Waals surface area contributed by atoms with E-state index in [1.54, 1.807) is 11.8 Å². The summed E-state index contributed by atoms with van der Waals surface area (Å²) in [5.74, 6) is -4.01. The number of nitrogens with zero attached hydrogens (tertiary/aromatic N) is 2. The zero-order chi connectivity index (χ0) is 26.7. The third-order valence-corrected chi connectivity index (χ3v) is 9.94. The number of β-amino-alcohol motifs (C(OH)–C–C–N with tert-alkyl or cyclic N) is 1. The van der Waals surface area contributed by atoms with Crippen LogP contribution in [0.25, 0.3) is 0 Å². The summed E-state index contributed by atoms with van der Waals surface area (Å²) in [5.41, 5.74) is -5.81. The number of carbonyl (C=O) groups excluding carboxylic acids is 2. The number of carboxylic acid groups (broad SMARTS) is 1. The molecular weight excluding hydrogens is 529 g/mol. The molecule has 36 heavy (non-hydrogen) atoms. The summed E-state index contributed by atoms with van der Waals surface area (Å²) >= 11 is 1.21. The van der Waals surface area contributed by atoms with Crippen molar-refractivity contribution in [3.63, 3.8) is 0 Å². The lowest BCUT2D eigenvalue weighted by Gasteiger charge is -2.47. The number of aliphatic hydroxyl groups is 1. The molecule has 0 bridgehead atoms. The summed E-state index contributed by atoms with van der Waals surface area (Å²) in [6.45, 7) is 3.91. The van der Waals surface area contributed by atoms with E-state index >= 15 is 0 Å². The van der Waals surface area contributed by atoms with Gasteiger partial charge in [-0.2, -0.15) is 13.2 Å². The molecule has 7 atom stereocenters. The van der Waals surface area contributed by atoms with E-state index in [-0.39, 0.29) is 23.4 Å². The molecular formula is C20H27F3N4O7S2. The number of halogens is 3. The third kappa shape index (κ3) is 4.61. The fourth-order valence-corrected chi connectivity index (χ4v) is 7.65. The van der Waals surface area contributed by atoms with Gasteiger partial charge < -0.3 is 25.3 Å². The van der Waals surface area contributed by atoms with Crippen molar-refractivity contribution in [2.24, 2.45) is 11.8 Å². The standard InChI is InChI=1S/C20H27F3N4O7S2/c1-8-14-13(9(2)25-36(33,34)20(21,22)23)18(30)27(14)15(19(31)32)16(8)35-11-5-12(24-6-11)17(29)26-4-3-10(28)7-26/h8-14,24-25,28H,3-7H2,1-2H3,(H,31,32)/t8-,9-,10-,11+,12+,13-,14-/m1/s1. The van der Waals surface area contributed by atoms with Crippen LogP contribution in [0.15, 0.2) is 10.6 Å². The minimum Gasteiger partial charge on any atom is -0.477 e. The topological polar surface area (TPSA) is 156 Å². The van der Waals surface area contributed by atoms with Gasteiger partial charge in [0.1, 0.15) is 5.70 Å². The van der Waals surface area contributed by atoms with Gasteiger partial charge in [0.15, 0.2) is 0 Å². The summed E-state index contributed by atoms with van der Waals surface area (Å²) in [5, 5.41) is 22.4. The first kappa shape index (κ1) is 27.2.